The van der Waals surface area contributed by atoms with Crippen LogP contribution in [0.15, 0.2) is 42.5 Å². The number of sulfonamides is 1. The van der Waals surface area contributed by atoms with Crippen molar-refractivity contribution >= 4 is 15.7 Å². The van der Waals surface area contributed by atoms with Gasteiger partial charge in [0.25, 0.3) is 0 Å². The lowest BCUT2D eigenvalue weighted by molar-refractivity contribution is 0.0853. The van der Waals surface area contributed by atoms with Crippen molar-refractivity contribution in [2.24, 2.45) is 0 Å². The molecule has 2 heterocycles. The standard InChI is InChI=1S/C19H21NO3S/c21-24(22)13-10-17-2-1-3-18(19(17)20-24)16-6-4-14(5-7-16)15-8-11-23-12-9-15/h1-7,15,20H,8-13H2. The molecule has 2 aromatic rings. The van der Waals surface area contributed by atoms with Gasteiger partial charge in [-0.15, -0.1) is 0 Å². The first kappa shape index (κ1) is 15.7. The summed E-state index contributed by atoms with van der Waals surface area (Å²) < 4.78 is 32.0. The van der Waals surface area contributed by atoms with Crippen LogP contribution < -0.4 is 4.72 Å². The number of anilines is 1. The Kier molecular flexibility index (Phi) is 4.06. The molecular formula is C19H21NO3S. The van der Waals surface area contributed by atoms with Gasteiger partial charge in [-0.05, 0) is 41.9 Å². The van der Waals surface area contributed by atoms with Crippen LogP contribution in [0.5, 0.6) is 0 Å². The van der Waals surface area contributed by atoms with Crippen LogP contribution >= 0.6 is 0 Å². The highest BCUT2D eigenvalue weighted by molar-refractivity contribution is 7.92. The molecule has 1 N–H and O–H groups in total. The molecule has 0 saturated carbocycles. The summed E-state index contributed by atoms with van der Waals surface area (Å²) in [5.74, 6) is 0.725. The van der Waals surface area contributed by atoms with E-state index in [2.05, 4.69) is 29.0 Å². The zero-order valence-electron chi connectivity index (χ0n) is 13.5. The lowest BCUT2D eigenvalue weighted by Crippen LogP contribution is -2.24. The number of hydrogen-bond acceptors (Lipinski definition) is 3. The molecule has 2 aromatic carbocycles. The summed E-state index contributed by atoms with van der Waals surface area (Å²) in [5.41, 5.74) is 5.15. The van der Waals surface area contributed by atoms with E-state index in [1.54, 1.807) is 0 Å². The Bertz CT molecular complexity index is 837. The van der Waals surface area contributed by atoms with Crippen molar-refractivity contribution in [2.75, 3.05) is 23.7 Å². The average Bonchev–Trinajstić information content (AvgIpc) is 2.61. The number of nitrogens with one attached hydrogen (secondary N) is 1. The van der Waals surface area contributed by atoms with E-state index in [0.29, 0.717) is 12.3 Å². The van der Waals surface area contributed by atoms with E-state index >= 15 is 0 Å². The predicted octanol–water partition coefficient (Wildman–Crippen LogP) is 3.55. The lowest BCUT2D eigenvalue weighted by Gasteiger charge is -2.23. The van der Waals surface area contributed by atoms with E-state index in [0.717, 1.165) is 48.4 Å². The monoisotopic (exact) mass is 343 g/mol. The van der Waals surface area contributed by atoms with Gasteiger partial charge >= 0.3 is 0 Å². The Morgan fingerprint density at radius 2 is 1.75 bits per heavy atom. The highest BCUT2D eigenvalue weighted by Crippen LogP contribution is 2.36. The van der Waals surface area contributed by atoms with Crippen molar-refractivity contribution in [1.82, 2.24) is 0 Å². The molecular weight excluding hydrogens is 322 g/mol. The van der Waals surface area contributed by atoms with E-state index in [-0.39, 0.29) is 5.75 Å². The Hall–Kier alpha value is -1.85. The minimum atomic E-state index is -3.22. The summed E-state index contributed by atoms with van der Waals surface area (Å²) in [6.07, 6.45) is 2.71. The fourth-order valence-corrected chi connectivity index (χ4v) is 4.73. The maximum absolute atomic E-state index is 11.9. The Labute approximate surface area is 142 Å². The minimum Gasteiger partial charge on any atom is -0.381 e. The predicted molar refractivity (Wildman–Crippen MR) is 95.8 cm³/mol. The van der Waals surface area contributed by atoms with Crippen LogP contribution in [0.25, 0.3) is 11.1 Å². The molecule has 24 heavy (non-hydrogen) atoms. The van der Waals surface area contributed by atoms with Gasteiger partial charge in [0.2, 0.25) is 10.0 Å². The number of fused-ring (bicyclic) bond motifs is 1. The molecule has 0 spiro atoms. The summed E-state index contributed by atoms with van der Waals surface area (Å²) in [5, 5.41) is 0. The third-order valence-corrected chi connectivity index (χ3v) is 6.22. The Balaban J connectivity index is 1.67. The van der Waals surface area contributed by atoms with Crippen LogP contribution in [0.2, 0.25) is 0 Å². The molecule has 126 valence electrons. The van der Waals surface area contributed by atoms with Crippen LogP contribution in [0.3, 0.4) is 0 Å². The first-order valence-electron chi connectivity index (χ1n) is 8.43. The molecule has 0 unspecified atom stereocenters. The summed E-state index contributed by atoms with van der Waals surface area (Å²) in [7, 11) is -3.22. The number of benzene rings is 2. The molecule has 1 fully saturated rings. The molecule has 0 amide bonds. The normalized spacial score (nSPS) is 20.2. The van der Waals surface area contributed by atoms with Crippen molar-refractivity contribution in [1.29, 1.82) is 0 Å². The van der Waals surface area contributed by atoms with E-state index in [4.69, 9.17) is 4.74 Å². The van der Waals surface area contributed by atoms with Crippen molar-refractivity contribution in [3.05, 3.63) is 53.6 Å². The molecule has 0 atom stereocenters. The maximum Gasteiger partial charge on any atom is 0.233 e. The summed E-state index contributed by atoms with van der Waals surface area (Å²) in [4.78, 5) is 0. The lowest BCUT2D eigenvalue weighted by atomic mass is 9.90. The number of aryl methyl sites for hydroxylation is 1. The average molecular weight is 343 g/mol. The third kappa shape index (κ3) is 3.06. The van der Waals surface area contributed by atoms with E-state index in [1.807, 2.05) is 18.2 Å². The smallest absolute Gasteiger partial charge is 0.233 e. The quantitative estimate of drug-likeness (QED) is 0.907. The topological polar surface area (TPSA) is 55.4 Å². The minimum absolute atomic E-state index is 0.159. The van der Waals surface area contributed by atoms with E-state index < -0.39 is 10.0 Å². The fraction of sp³-hybridized carbons (Fsp3) is 0.368. The van der Waals surface area contributed by atoms with Gasteiger partial charge in [-0.3, -0.25) is 4.72 Å². The molecule has 0 bridgehead atoms. The molecule has 2 aliphatic rings. The van der Waals surface area contributed by atoms with Crippen LogP contribution in [-0.2, 0) is 21.2 Å². The van der Waals surface area contributed by atoms with Crippen molar-refractivity contribution in [3.8, 4) is 11.1 Å². The van der Waals surface area contributed by atoms with Gasteiger partial charge in [0.15, 0.2) is 0 Å². The van der Waals surface area contributed by atoms with Crippen molar-refractivity contribution < 1.29 is 13.2 Å². The molecule has 0 aromatic heterocycles. The van der Waals surface area contributed by atoms with E-state index in [9.17, 15) is 8.42 Å². The molecule has 4 rings (SSSR count). The summed E-state index contributed by atoms with van der Waals surface area (Å²) >= 11 is 0. The zero-order chi connectivity index (χ0) is 16.6. The first-order chi connectivity index (χ1) is 11.6. The van der Waals surface area contributed by atoms with Gasteiger partial charge in [0, 0.05) is 18.8 Å². The Morgan fingerprint density at radius 1 is 1.00 bits per heavy atom. The largest absolute Gasteiger partial charge is 0.381 e. The first-order valence-corrected chi connectivity index (χ1v) is 10.1. The molecule has 1 saturated heterocycles. The van der Waals surface area contributed by atoms with Gasteiger partial charge < -0.3 is 4.74 Å². The van der Waals surface area contributed by atoms with Gasteiger partial charge in [0.05, 0.1) is 11.4 Å². The number of hydrogen-bond donors (Lipinski definition) is 1. The molecule has 0 radical (unpaired) electrons. The van der Waals surface area contributed by atoms with Gasteiger partial charge in [-0.25, -0.2) is 8.42 Å². The highest BCUT2D eigenvalue weighted by Gasteiger charge is 2.23. The summed E-state index contributed by atoms with van der Waals surface area (Å²) in [6, 6.07) is 14.5. The highest BCUT2D eigenvalue weighted by atomic mass is 32.2. The second kappa shape index (κ2) is 6.22. The van der Waals surface area contributed by atoms with Crippen LogP contribution in [-0.4, -0.2) is 27.4 Å². The zero-order valence-corrected chi connectivity index (χ0v) is 14.3. The van der Waals surface area contributed by atoms with Gasteiger partial charge in [-0.1, -0.05) is 42.5 Å². The van der Waals surface area contributed by atoms with Gasteiger partial charge in [-0.2, -0.15) is 0 Å². The third-order valence-electron chi connectivity index (χ3n) is 4.96. The number of rotatable bonds is 2. The molecule has 0 aliphatic carbocycles. The van der Waals surface area contributed by atoms with E-state index in [1.165, 1.54) is 5.56 Å². The van der Waals surface area contributed by atoms with Crippen molar-refractivity contribution in [2.45, 2.75) is 25.2 Å². The second-order valence-electron chi connectivity index (χ2n) is 6.52. The maximum atomic E-state index is 11.9. The fourth-order valence-electron chi connectivity index (χ4n) is 3.59. The molecule has 2 aliphatic heterocycles. The van der Waals surface area contributed by atoms with Crippen LogP contribution in [0.1, 0.15) is 29.9 Å². The van der Waals surface area contributed by atoms with Gasteiger partial charge in [0.1, 0.15) is 0 Å². The number of para-hydroxylation sites is 1. The molecule has 5 heteroatoms. The SMILES string of the molecule is O=S1(=O)CCc2cccc(-c3ccc(C4CCOCC4)cc3)c2N1. The Morgan fingerprint density at radius 3 is 2.50 bits per heavy atom. The van der Waals surface area contributed by atoms with Crippen LogP contribution in [0, 0.1) is 0 Å². The second-order valence-corrected chi connectivity index (χ2v) is 8.36. The summed E-state index contributed by atoms with van der Waals surface area (Å²) in [6.45, 7) is 1.67. The van der Waals surface area contributed by atoms with Crippen molar-refractivity contribution in [3.63, 3.8) is 0 Å². The van der Waals surface area contributed by atoms with Crippen LogP contribution in [0.4, 0.5) is 5.69 Å². The molecule has 4 nitrogen and oxygen atoms in total. The number of ether oxygens (including phenoxy) is 1.